The molecule has 30 heavy (non-hydrogen) atoms. The van der Waals surface area contributed by atoms with Crippen molar-refractivity contribution in [1.82, 2.24) is 14.8 Å². The van der Waals surface area contributed by atoms with E-state index in [9.17, 15) is 4.79 Å². The molecule has 2 aliphatic heterocycles. The number of thiazole rings is 1. The van der Waals surface area contributed by atoms with Gasteiger partial charge in [0.25, 0.3) is 0 Å². The molecule has 2 aliphatic rings. The molecule has 0 aliphatic carbocycles. The average molecular weight is 428 g/mol. The highest BCUT2D eigenvalue weighted by Gasteiger charge is 2.32. The van der Waals surface area contributed by atoms with E-state index in [1.54, 1.807) is 4.90 Å². The van der Waals surface area contributed by atoms with Gasteiger partial charge in [0, 0.05) is 31.1 Å². The summed E-state index contributed by atoms with van der Waals surface area (Å²) in [6, 6.07) is 6.41. The smallest absolute Gasteiger partial charge is 0.414 e. The predicted molar refractivity (Wildman–Crippen MR) is 124 cm³/mol. The number of carbonyl (C=O) groups is 1. The van der Waals surface area contributed by atoms with Crippen molar-refractivity contribution in [3.63, 3.8) is 0 Å². The van der Waals surface area contributed by atoms with Crippen LogP contribution in [0.2, 0.25) is 0 Å². The Labute approximate surface area is 183 Å². The number of aromatic nitrogens is 1. The first kappa shape index (κ1) is 21.3. The molecule has 1 saturated heterocycles. The van der Waals surface area contributed by atoms with Crippen LogP contribution >= 0.6 is 11.3 Å². The van der Waals surface area contributed by atoms with Gasteiger partial charge in [0.05, 0.1) is 20.9 Å². The Balaban J connectivity index is 1.64. The summed E-state index contributed by atoms with van der Waals surface area (Å²) in [5.74, 6) is 1.54. The Kier molecular flexibility index (Phi) is 5.66. The van der Waals surface area contributed by atoms with Crippen molar-refractivity contribution in [2.75, 3.05) is 26.7 Å². The molecule has 0 bridgehead atoms. The van der Waals surface area contributed by atoms with E-state index in [1.807, 2.05) is 32.1 Å². The zero-order valence-corrected chi connectivity index (χ0v) is 19.8. The summed E-state index contributed by atoms with van der Waals surface area (Å²) in [5.41, 5.74) is 2.49. The zero-order chi connectivity index (χ0) is 21.6. The number of hydrogen-bond donors (Lipinski definition) is 0. The van der Waals surface area contributed by atoms with Crippen molar-refractivity contribution in [3.05, 3.63) is 34.8 Å². The molecule has 6 heteroatoms. The summed E-state index contributed by atoms with van der Waals surface area (Å²) in [7, 11) is 2.18. The van der Waals surface area contributed by atoms with Gasteiger partial charge in [0.15, 0.2) is 0 Å². The number of likely N-dealkylation sites (N-methyl/N-ethyl adjacent to an activating group) is 1. The molecular formula is C24H33N3O2S. The third-order valence-corrected chi connectivity index (χ3v) is 7.09. The lowest BCUT2D eigenvalue weighted by Crippen LogP contribution is -2.39. The lowest BCUT2D eigenvalue weighted by atomic mass is 9.98. The second kappa shape index (κ2) is 7.97. The topological polar surface area (TPSA) is 45.7 Å². The molecule has 1 aromatic carbocycles. The number of rotatable bonds is 2. The normalized spacial score (nSPS) is 25.6. The number of nitrogens with zero attached hydrogens (tertiary/aromatic N) is 3. The Bertz CT molecular complexity index is 974. The fourth-order valence-corrected chi connectivity index (χ4v) is 5.64. The van der Waals surface area contributed by atoms with Crippen molar-refractivity contribution >= 4 is 33.3 Å². The summed E-state index contributed by atoms with van der Waals surface area (Å²) < 4.78 is 6.90. The number of carbonyl (C=O) groups excluding carboxylic acids is 1. The Morgan fingerprint density at radius 2 is 1.97 bits per heavy atom. The van der Waals surface area contributed by atoms with Crippen LogP contribution in [0.5, 0.6) is 0 Å². The van der Waals surface area contributed by atoms with Gasteiger partial charge in [-0.3, -0.25) is 4.90 Å². The van der Waals surface area contributed by atoms with Crippen LogP contribution < -0.4 is 0 Å². The summed E-state index contributed by atoms with van der Waals surface area (Å²) in [4.78, 5) is 22.1. The molecule has 0 N–H and O–H groups in total. The maximum absolute atomic E-state index is 12.9. The van der Waals surface area contributed by atoms with Crippen LogP contribution in [0.15, 0.2) is 24.3 Å². The van der Waals surface area contributed by atoms with Crippen LogP contribution in [-0.2, 0) is 4.74 Å². The third-order valence-electron chi connectivity index (χ3n) is 5.92. The first-order chi connectivity index (χ1) is 14.1. The first-order valence-corrected chi connectivity index (χ1v) is 11.7. The van der Waals surface area contributed by atoms with E-state index in [0.717, 1.165) is 36.3 Å². The maximum atomic E-state index is 12.9. The van der Waals surface area contributed by atoms with E-state index in [4.69, 9.17) is 9.72 Å². The molecule has 5 nitrogen and oxygen atoms in total. The van der Waals surface area contributed by atoms with E-state index in [1.165, 1.54) is 9.71 Å². The molecule has 4 rings (SSSR count). The summed E-state index contributed by atoms with van der Waals surface area (Å²) in [6.45, 7) is 13.1. The Hall–Kier alpha value is -1.92. The number of fused-ring (bicyclic) bond motifs is 1. The van der Waals surface area contributed by atoms with E-state index >= 15 is 0 Å². The fourth-order valence-electron chi connectivity index (χ4n) is 4.46. The van der Waals surface area contributed by atoms with E-state index in [-0.39, 0.29) is 6.09 Å². The highest BCUT2D eigenvalue weighted by Crippen LogP contribution is 2.37. The van der Waals surface area contributed by atoms with Gasteiger partial charge in [0.1, 0.15) is 5.60 Å². The van der Waals surface area contributed by atoms with E-state index in [0.29, 0.717) is 24.3 Å². The first-order valence-electron chi connectivity index (χ1n) is 10.9. The second-order valence-electron chi connectivity index (χ2n) is 10.1. The predicted octanol–water partition coefficient (Wildman–Crippen LogP) is 5.58. The number of likely N-dealkylation sites (tertiary alicyclic amines) is 1. The quantitative estimate of drug-likeness (QED) is 0.628. The van der Waals surface area contributed by atoms with Gasteiger partial charge < -0.3 is 9.64 Å². The molecule has 1 aromatic heterocycles. The summed E-state index contributed by atoms with van der Waals surface area (Å²) >= 11 is 1.81. The van der Waals surface area contributed by atoms with Crippen LogP contribution in [0.1, 0.15) is 57.5 Å². The zero-order valence-electron chi connectivity index (χ0n) is 18.9. The minimum atomic E-state index is -0.512. The molecular weight excluding hydrogens is 394 g/mol. The van der Waals surface area contributed by atoms with Crippen molar-refractivity contribution in [1.29, 1.82) is 0 Å². The van der Waals surface area contributed by atoms with Crippen LogP contribution in [0.4, 0.5) is 4.79 Å². The van der Waals surface area contributed by atoms with Gasteiger partial charge in [-0.25, -0.2) is 9.78 Å². The Morgan fingerprint density at radius 3 is 2.63 bits per heavy atom. The highest BCUT2D eigenvalue weighted by molar-refractivity contribution is 7.18. The fraction of sp³-hybridized carbons (Fsp3) is 0.583. The number of ether oxygens (including phenoxy) is 1. The van der Waals surface area contributed by atoms with Gasteiger partial charge in [-0.2, -0.15) is 0 Å². The summed E-state index contributed by atoms with van der Waals surface area (Å²) in [5, 5.41) is 1.23. The minimum absolute atomic E-state index is 0.276. The SMILES string of the molecule is CC1CN(C)CC1c1nc2cc(C3=CC[C@H](C)CN3C(=O)OC(C)(C)C)ccc2s1. The van der Waals surface area contributed by atoms with Crippen molar-refractivity contribution < 1.29 is 9.53 Å². The van der Waals surface area contributed by atoms with Crippen molar-refractivity contribution in [3.8, 4) is 0 Å². The Morgan fingerprint density at radius 1 is 1.20 bits per heavy atom. The molecule has 3 heterocycles. The molecule has 0 spiro atoms. The number of amides is 1. The van der Waals surface area contributed by atoms with E-state index < -0.39 is 5.60 Å². The molecule has 162 valence electrons. The molecule has 0 radical (unpaired) electrons. The van der Waals surface area contributed by atoms with E-state index in [2.05, 4.69) is 50.1 Å². The molecule has 3 atom stereocenters. The van der Waals surface area contributed by atoms with Crippen LogP contribution in [0.3, 0.4) is 0 Å². The molecule has 1 fully saturated rings. The lowest BCUT2D eigenvalue weighted by molar-refractivity contribution is 0.0327. The molecule has 1 amide bonds. The average Bonchev–Trinajstić information content (AvgIpc) is 3.21. The number of benzene rings is 1. The monoisotopic (exact) mass is 427 g/mol. The molecule has 2 aromatic rings. The number of allylic oxidation sites excluding steroid dienone is 1. The molecule has 0 saturated carbocycles. The minimum Gasteiger partial charge on any atom is -0.443 e. The standard InChI is InChI=1S/C24H33N3O2S/c1-15-7-9-20(27(12-15)23(28)29-24(3,4)5)17-8-10-21-19(11-17)25-22(30-21)18-14-26(6)13-16(18)2/h8-11,15-16,18H,7,12-14H2,1-6H3/t15-,16?,18?/m0/s1. The lowest BCUT2D eigenvalue weighted by Gasteiger charge is -2.33. The van der Waals surface area contributed by atoms with Gasteiger partial charge >= 0.3 is 6.09 Å². The third kappa shape index (κ3) is 4.40. The van der Waals surface area contributed by atoms with Gasteiger partial charge in [-0.1, -0.05) is 26.0 Å². The highest BCUT2D eigenvalue weighted by atomic mass is 32.1. The van der Waals surface area contributed by atoms with Gasteiger partial charge in [0.2, 0.25) is 0 Å². The largest absolute Gasteiger partial charge is 0.443 e. The number of hydrogen-bond acceptors (Lipinski definition) is 5. The second-order valence-corrected chi connectivity index (χ2v) is 11.1. The van der Waals surface area contributed by atoms with Gasteiger partial charge in [-0.15, -0.1) is 11.3 Å². The van der Waals surface area contributed by atoms with Crippen molar-refractivity contribution in [2.45, 2.75) is 52.6 Å². The molecule has 2 unspecified atom stereocenters. The van der Waals surface area contributed by atoms with Crippen LogP contribution in [0.25, 0.3) is 15.9 Å². The maximum Gasteiger partial charge on any atom is 0.414 e. The van der Waals surface area contributed by atoms with Crippen LogP contribution in [-0.4, -0.2) is 53.2 Å². The summed E-state index contributed by atoms with van der Waals surface area (Å²) in [6.07, 6.45) is 2.85. The van der Waals surface area contributed by atoms with Crippen LogP contribution in [0, 0.1) is 11.8 Å². The van der Waals surface area contributed by atoms with Gasteiger partial charge in [-0.05, 0) is 58.2 Å². The van der Waals surface area contributed by atoms with Crippen molar-refractivity contribution in [2.24, 2.45) is 11.8 Å².